The van der Waals surface area contributed by atoms with Crippen molar-refractivity contribution >= 4 is 0 Å². The monoisotopic (exact) mass is 285 g/mol. The molecule has 1 nitrogen and oxygen atoms in total. The van der Waals surface area contributed by atoms with Crippen LogP contribution >= 0.6 is 0 Å². The molecule has 1 atom stereocenters. The zero-order valence-electron chi connectivity index (χ0n) is 10.9. The molecule has 1 aromatic carbocycles. The van der Waals surface area contributed by atoms with E-state index in [0.29, 0.717) is 0 Å². The second-order valence-electron chi connectivity index (χ2n) is 5.34. The van der Waals surface area contributed by atoms with Gasteiger partial charge in [0.2, 0.25) is 0 Å². The van der Waals surface area contributed by atoms with Crippen molar-refractivity contribution < 1.29 is 21.5 Å². The molecule has 0 aliphatic carbocycles. The summed E-state index contributed by atoms with van der Waals surface area (Å²) < 4.78 is 1.06. The first-order valence-corrected chi connectivity index (χ1v) is 5.85. The van der Waals surface area contributed by atoms with Crippen LogP contribution in [0.1, 0.15) is 25.3 Å². The minimum Gasteiger partial charge on any atom is -1.00 e. The van der Waals surface area contributed by atoms with E-state index in [1.54, 1.807) is 0 Å². The third-order valence-corrected chi connectivity index (χ3v) is 3.25. The maximum Gasteiger partial charge on any atom is 0.0855 e. The van der Waals surface area contributed by atoms with Gasteiger partial charge in [0, 0.05) is 0 Å². The van der Waals surface area contributed by atoms with Gasteiger partial charge in [0.1, 0.15) is 0 Å². The van der Waals surface area contributed by atoms with Gasteiger partial charge in [-0.15, -0.1) is 0 Å². The summed E-state index contributed by atoms with van der Waals surface area (Å²) in [5, 5.41) is 0. The van der Waals surface area contributed by atoms with Crippen LogP contribution in [0.5, 0.6) is 0 Å². The normalized spacial score (nSPS) is 13.0. The topological polar surface area (TPSA) is 0 Å². The molecule has 0 fully saturated rings. The van der Waals surface area contributed by atoms with Crippen LogP contribution in [0.3, 0.4) is 0 Å². The smallest absolute Gasteiger partial charge is 0.0855 e. The summed E-state index contributed by atoms with van der Waals surface area (Å²) in [7, 11) is 6.81. The summed E-state index contributed by atoms with van der Waals surface area (Å²) in [5.74, 6) is 0. The molecule has 0 aliphatic rings. The number of aryl methyl sites for hydroxylation is 1. The lowest BCUT2D eigenvalue weighted by molar-refractivity contribution is -0.894. The minimum absolute atomic E-state index is 0. The van der Waals surface area contributed by atoms with Gasteiger partial charge < -0.3 is 21.5 Å². The highest BCUT2D eigenvalue weighted by Crippen LogP contribution is 2.12. The van der Waals surface area contributed by atoms with E-state index in [9.17, 15) is 0 Å². The van der Waals surface area contributed by atoms with Crippen LogP contribution in [-0.4, -0.2) is 31.7 Å². The molecule has 1 unspecified atom stereocenters. The molecular weight excluding hydrogens is 262 g/mol. The molecule has 0 radical (unpaired) electrons. The molecule has 2 heteroatoms. The lowest BCUT2D eigenvalue weighted by Crippen LogP contribution is -3.00. The molecule has 1 rings (SSSR count). The van der Waals surface area contributed by atoms with E-state index in [0.717, 1.165) is 10.5 Å². The lowest BCUT2D eigenvalue weighted by atomic mass is 10.0. The van der Waals surface area contributed by atoms with Gasteiger partial charge >= 0.3 is 0 Å². The van der Waals surface area contributed by atoms with Crippen molar-refractivity contribution in [3.8, 4) is 0 Å². The van der Waals surface area contributed by atoms with Crippen LogP contribution in [0.2, 0.25) is 0 Å². The summed E-state index contributed by atoms with van der Waals surface area (Å²) in [6.07, 6.45) is 3.81. The standard InChI is InChI=1S/C14H24N.BrH/c1-13(15(2,3)4)9-8-12-14-10-6-5-7-11-14;/h5-7,10-11,13H,8-9,12H2,1-4H3;1H/q+1;/p-1. The van der Waals surface area contributed by atoms with Crippen LogP contribution < -0.4 is 17.0 Å². The maximum absolute atomic E-state index is 2.34. The van der Waals surface area contributed by atoms with Crippen LogP contribution in [0, 0.1) is 0 Å². The third-order valence-electron chi connectivity index (χ3n) is 3.25. The Kier molecular flexibility index (Phi) is 6.93. The van der Waals surface area contributed by atoms with Gasteiger partial charge in [0.25, 0.3) is 0 Å². The molecule has 0 amide bonds. The molecule has 92 valence electrons. The second kappa shape index (κ2) is 7.08. The first-order chi connectivity index (χ1) is 7.00. The van der Waals surface area contributed by atoms with Gasteiger partial charge in [-0.1, -0.05) is 30.3 Å². The first-order valence-electron chi connectivity index (χ1n) is 5.85. The second-order valence-corrected chi connectivity index (χ2v) is 5.34. The summed E-state index contributed by atoms with van der Waals surface area (Å²) in [6, 6.07) is 11.5. The molecule has 0 aromatic heterocycles. The fourth-order valence-corrected chi connectivity index (χ4v) is 1.63. The number of quaternary nitrogens is 1. The van der Waals surface area contributed by atoms with Crippen molar-refractivity contribution in [1.29, 1.82) is 0 Å². The Labute approximate surface area is 111 Å². The quantitative estimate of drug-likeness (QED) is 0.674. The van der Waals surface area contributed by atoms with Crippen molar-refractivity contribution in [3.05, 3.63) is 35.9 Å². The third kappa shape index (κ3) is 5.66. The number of benzene rings is 1. The number of hydrogen-bond donors (Lipinski definition) is 0. The van der Waals surface area contributed by atoms with Crippen LogP contribution in [0.4, 0.5) is 0 Å². The summed E-state index contributed by atoms with van der Waals surface area (Å²) in [5.41, 5.74) is 1.46. The van der Waals surface area contributed by atoms with E-state index in [1.165, 1.54) is 24.8 Å². The SMILES string of the molecule is CC(CCCc1ccccc1)[N+](C)(C)C.[Br-]. The molecule has 0 saturated carbocycles. The van der Waals surface area contributed by atoms with Crippen LogP contribution in [0.25, 0.3) is 0 Å². The van der Waals surface area contributed by atoms with Gasteiger partial charge in [0.15, 0.2) is 0 Å². The predicted octanol–water partition coefficient (Wildman–Crippen LogP) is 0.108. The molecule has 0 bridgehead atoms. The number of rotatable bonds is 5. The van der Waals surface area contributed by atoms with E-state index in [2.05, 4.69) is 58.4 Å². The maximum atomic E-state index is 2.34. The van der Waals surface area contributed by atoms with Crippen molar-refractivity contribution in [1.82, 2.24) is 0 Å². The van der Waals surface area contributed by atoms with Crippen LogP contribution in [0.15, 0.2) is 30.3 Å². The van der Waals surface area contributed by atoms with Crippen LogP contribution in [-0.2, 0) is 6.42 Å². The molecule has 0 spiro atoms. The van der Waals surface area contributed by atoms with E-state index in [4.69, 9.17) is 0 Å². The summed E-state index contributed by atoms with van der Waals surface area (Å²) >= 11 is 0. The summed E-state index contributed by atoms with van der Waals surface area (Å²) in [6.45, 7) is 2.34. The lowest BCUT2D eigenvalue weighted by Gasteiger charge is -2.31. The molecule has 16 heavy (non-hydrogen) atoms. The molecule has 0 N–H and O–H groups in total. The van der Waals surface area contributed by atoms with E-state index >= 15 is 0 Å². The fourth-order valence-electron chi connectivity index (χ4n) is 1.63. The van der Waals surface area contributed by atoms with Crippen molar-refractivity contribution in [2.45, 2.75) is 32.2 Å². The van der Waals surface area contributed by atoms with Crippen molar-refractivity contribution in [3.63, 3.8) is 0 Å². The van der Waals surface area contributed by atoms with E-state index in [1.807, 2.05) is 0 Å². The summed E-state index contributed by atoms with van der Waals surface area (Å²) in [4.78, 5) is 0. The zero-order valence-corrected chi connectivity index (χ0v) is 12.5. The van der Waals surface area contributed by atoms with Crippen molar-refractivity contribution in [2.24, 2.45) is 0 Å². The Balaban J connectivity index is 0.00000225. The highest BCUT2D eigenvalue weighted by atomic mass is 79.9. The number of nitrogens with zero attached hydrogens (tertiary/aromatic N) is 1. The minimum atomic E-state index is 0. The predicted molar refractivity (Wildman–Crippen MR) is 66.9 cm³/mol. The Hall–Kier alpha value is -0.340. The Morgan fingerprint density at radius 2 is 1.62 bits per heavy atom. The molecule has 0 heterocycles. The van der Waals surface area contributed by atoms with Gasteiger partial charge in [0.05, 0.1) is 27.2 Å². The Morgan fingerprint density at radius 3 is 2.12 bits per heavy atom. The largest absolute Gasteiger partial charge is 1.00 e. The Bertz CT molecular complexity index is 277. The molecule has 0 aliphatic heterocycles. The van der Waals surface area contributed by atoms with Gasteiger partial charge in [-0.25, -0.2) is 0 Å². The Morgan fingerprint density at radius 1 is 1.06 bits per heavy atom. The van der Waals surface area contributed by atoms with Gasteiger partial charge in [-0.2, -0.15) is 0 Å². The highest BCUT2D eigenvalue weighted by molar-refractivity contribution is 5.14. The first kappa shape index (κ1) is 15.7. The molecule has 1 aromatic rings. The highest BCUT2D eigenvalue weighted by Gasteiger charge is 2.16. The number of halogens is 1. The average molecular weight is 286 g/mol. The zero-order chi connectivity index (χ0) is 11.3. The van der Waals surface area contributed by atoms with E-state index < -0.39 is 0 Å². The van der Waals surface area contributed by atoms with Crippen molar-refractivity contribution in [2.75, 3.05) is 21.1 Å². The molecular formula is C14H24BrN. The van der Waals surface area contributed by atoms with E-state index in [-0.39, 0.29) is 17.0 Å². The molecule has 0 saturated heterocycles. The fraction of sp³-hybridized carbons (Fsp3) is 0.571. The van der Waals surface area contributed by atoms with Gasteiger partial charge in [-0.3, -0.25) is 0 Å². The average Bonchev–Trinajstić information content (AvgIpc) is 2.18. The number of hydrogen-bond acceptors (Lipinski definition) is 0. The van der Waals surface area contributed by atoms with Gasteiger partial charge in [-0.05, 0) is 31.7 Å².